The van der Waals surface area contributed by atoms with Crippen molar-refractivity contribution in [1.29, 1.82) is 0 Å². The third kappa shape index (κ3) is 3.28. The number of nitro groups is 1. The molecule has 0 unspecified atom stereocenters. The topological polar surface area (TPSA) is 94.1 Å². The highest BCUT2D eigenvalue weighted by atomic mass is 79.9. The zero-order valence-corrected chi connectivity index (χ0v) is 11.7. The number of nitro benzene ring substituents is 1. The first-order valence-electron chi connectivity index (χ1n) is 5.51. The number of nitrogens with one attached hydrogen (secondary N) is 1. The standard InChI is InChI=1S/C11H11BrN4O3/c1-7-4-9(8(12)5-10(7)16(17)18)13-3-2-11-14-6-19-15-11/h4-6,13H,2-3H2,1H3. The van der Waals surface area contributed by atoms with Gasteiger partial charge in [-0.15, -0.1) is 0 Å². The second kappa shape index (κ2) is 5.79. The monoisotopic (exact) mass is 326 g/mol. The van der Waals surface area contributed by atoms with E-state index in [-0.39, 0.29) is 5.69 Å². The lowest BCUT2D eigenvalue weighted by molar-refractivity contribution is -0.385. The first-order chi connectivity index (χ1) is 9.08. The maximum absolute atomic E-state index is 10.8. The molecule has 1 N–H and O–H groups in total. The van der Waals surface area contributed by atoms with Gasteiger partial charge in [0, 0.05) is 34.8 Å². The molecule has 0 saturated carbocycles. The number of aromatic nitrogens is 2. The predicted molar refractivity (Wildman–Crippen MR) is 72.0 cm³/mol. The van der Waals surface area contributed by atoms with Crippen LogP contribution in [0.4, 0.5) is 11.4 Å². The third-order valence-corrected chi connectivity index (χ3v) is 3.21. The van der Waals surface area contributed by atoms with E-state index in [1.165, 1.54) is 12.5 Å². The van der Waals surface area contributed by atoms with Crippen molar-refractivity contribution in [3.63, 3.8) is 0 Å². The summed E-state index contributed by atoms with van der Waals surface area (Å²) in [5.74, 6) is 0.613. The van der Waals surface area contributed by atoms with E-state index in [1.807, 2.05) is 0 Å². The molecule has 0 fully saturated rings. The van der Waals surface area contributed by atoms with Crippen LogP contribution in [0.1, 0.15) is 11.4 Å². The maximum Gasteiger partial charge on any atom is 0.273 e. The Morgan fingerprint density at radius 1 is 1.53 bits per heavy atom. The highest BCUT2D eigenvalue weighted by Gasteiger charge is 2.13. The van der Waals surface area contributed by atoms with Crippen molar-refractivity contribution in [3.05, 3.63) is 44.5 Å². The zero-order valence-electron chi connectivity index (χ0n) is 10.1. The molecule has 2 aromatic rings. The third-order valence-electron chi connectivity index (χ3n) is 2.55. The molecule has 0 aliphatic rings. The quantitative estimate of drug-likeness (QED) is 0.670. The van der Waals surface area contributed by atoms with Crippen molar-refractivity contribution < 1.29 is 9.45 Å². The summed E-state index contributed by atoms with van der Waals surface area (Å²) < 4.78 is 5.28. The summed E-state index contributed by atoms with van der Waals surface area (Å²) in [5, 5.41) is 17.7. The first-order valence-corrected chi connectivity index (χ1v) is 6.31. The molecule has 1 aromatic carbocycles. The summed E-state index contributed by atoms with van der Waals surface area (Å²) >= 11 is 3.31. The van der Waals surface area contributed by atoms with E-state index in [0.717, 1.165) is 5.69 Å². The van der Waals surface area contributed by atoms with Crippen LogP contribution in [-0.4, -0.2) is 21.6 Å². The number of benzene rings is 1. The molecule has 100 valence electrons. The Bertz CT molecular complexity index is 586. The Kier molecular flexibility index (Phi) is 4.10. The second-order valence-corrected chi connectivity index (χ2v) is 4.75. The molecule has 0 spiro atoms. The molecule has 1 heterocycles. The Balaban J connectivity index is 2.04. The largest absolute Gasteiger partial charge is 0.384 e. The van der Waals surface area contributed by atoms with E-state index >= 15 is 0 Å². The number of nitrogens with zero attached hydrogens (tertiary/aromatic N) is 3. The van der Waals surface area contributed by atoms with E-state index in [0.29, 0.717) is 28.8 Å². The molecule has 7 nitrogen and oxygen atoms in total. The molecule has 0 radical (unpaired) electrons. The number of hydrogen-bond acceptors (Lipinski definition) is 6. The summed E-state index contributed by atoms with van der Waals surface area (Å²) in [6.45, 7) is 2.31. The smallest absolute Gasteiger partial charge is 0.273 e. The molecule has 0 aliphatic heterocycles. The molecular weight excluding hydrogens is 316 g/mol. The fourth-order valence-electron chi connectivity index (χ4n) is 1.61. The molecule has 0 saturated heterocycles. The lowest BCUT2D eigenvalue weighted by atomic mass is 10.2. The molecular formula is C11H11BrN4O3. The highest BCUT2D eigenvalue weighted by Crippen LogP contribution is 2.30. The second-order valence-electron chi connectivity index (χ2n) is 3.90. The van der Waals surface area contributed by atoms with Gasteiger partial charge < -0.3 is 9.84 Å². The van der Waals surface area contributed by atoms with Crippen molar-refractivity contribution in [3.8, 4) is 0 Å². The van der Waals surface area contributed by atoms with Crippen LogP contribution in [0.3, 0.4) is 0 Å². The summed E-state index contributed by atoms with van der Waals surface area (Å²) in [4.78, 5) is 14.3. The molecule has 8 heteroatoms. The van der Waals surface area contributed by atoms with Gasteiger partial charge in [0.05, 0.1) is 4.92 Å². The molecule has 19 heavy (non-hydrogen) atoms. The van der Waals surface area contributed by atoms with Crippen molar-refractivity contribution in [2.24, 2.45) is 0 Å². The Hall–Kier alpha value is -1.96. The molecule has 2 rings (SSSR count). The van der Waals surface area contributed by atoms with Gasteiger partial charge in [-0.25, -0.2) is 0 Å². The number of rotatable bonds is 5. The van der Waals surface area contributed by atoms with Crippen LogP contribution in [0.15, 0.2) is 27.5 Å². The lowest BCUT2D eigenvalue weighted by Crippen LogP contribution is -2.07. The van der Waals surface area contributed by atoms with Gasteiger partial charge in [-0.05, 0) is 28.9 Å². The summed E-state index contributed by atoms with van der Waals surface area (Å²) in [7, 11) is 0. The Morgan fingerprint density at radius 2 is 2.32 bits per heavy atom. The molecule has 1 aromatic heterocycles. The molecule has 0 bridgehead atoms. The summed E-state index contributed by atoms with van der Waals surface area (Å²) in [6, 6.07) is 3.23. The van der Waals surface area contributed by atoms with E-state index in [1.54, 1.807) is 13.0 Å². The van der Waals surface area contributed by atoms with Crippen LogP contribution >= 0.6 is 15.9 Å². The van der Waals surface area contributed by atoms with Crippen molar-refractivity contribution in [2.75, 3.05) is 11.9 Å². The normalized spacial score (nSPS) is 10.4. The number of aryl methyl sites for hydroxylation is 1. The van der Waals surface area contributed by atoms with Gasteiger partial charge in [-0.2, -0.15) is 4.98 Å². The SMILES string of the molecule is Cc1cc(NCCc2ncon2)c(Br)cc1[N+](=O)[O-]. The molecule has 0 aliphatic carbocycles. The van der Waals surface area contributed by atoms with Crippen LogP contribution < -0.4 is 5.32 Å². The van der Waals surface area contributed by atoms with E-state index < -0.39 is 4.92 Å². The van der Waals surface area contributed by atoms with Crippen molar-refractivity contribution in [2.45, 2.75) is 13.3 Å². The Labute approximate surface area is 117 Å². The van der Waals surface area contributed by atoms with Crippen molar-refractivity contribution in [1.82, 2.24) is 10.1 Å². The summed E-state index contributed by atoms with van der Waals surface area (Å²) in [5.41, 5.74) is 1.50. The van der Waals surface area contributed by atoms with Gasteiger partial charge in [-0.1, -0.05) is 5.16 Å². The average molecular weight is 327 g/mol. The fourth-order valence-corrected chi connectivity index (χ4v) is 2.09. The van der Waals surface area contributed by atoms with E-state index in [9.17, 15) is 10.1 Å². The van der Waals surface area contributed by atoms with Crippen LogP contribution in [-0.2, 0) is 6.42 Å². The van der Waals surface area contributed by atoms with Crippen LogP contribution in [0.5, 0.6) is 0 Å². The van der Waals surface area contributed by atoms with Crippen LogP contribution in [0.2, 0.25) is 0 Å². The van der Waals surface area contributed by atoms with E-state index in [2.05, 4.69) is 35.9 Å². The van der Waals surface area contributed by atoms with Gasteiger partial charge >= 0.3 is 0 Å². The molecule has 0 atom stereocenters. The number of hydrogen-bond donors (Lipinski definition) is 1. The van der Waals surface area contributed by atoms with Crippen LogP contribution in [0, 0.1) is 17.0 Å². The summed E-state index contributed by atoms with van der Waals surface area (Å²) in [6.07, 6.45) is 1.89. The predicted octanol–water partition coefficient (Wildman–Crippen LogP) is 2.70. The maximum atomic E-state index is 10.8. The average Bonchev–Trinajstić information content (AvgIpc) is 2.85. The minimum absolute atomic E-state index is 0.0931. The number of anilines is 1. The Morgan fingerprint density at radius 3 is 2.95 bits per heavy atom. The minimum atomic E-state index is -0.400. The van der Waals surface area contributed by atoms with Gasteiger partial charge in [0.2, 0.25) is 6.39 Å². The van der Waals surface area contributed by atoms with Gasteiger partial charge in [0.25, 0.3) is 5.69 Å². The fraction of sp³-hybridized carbons (Fsp3) is 0.273. The highest BCUT2D eigenvalue weighted by molar-refractivity contribution is 9.10. The van der Waals surface area contributed by atoms with Crippen LogP contribution in [0.25, 0.3) is 0 Å². The van der Waals surface area contributed by atoms with E-state index in [4.69, 9.17) is 0 Å². The van der Waals surface area contributed by atoms with Gasteiger partial charge in [0.15, 0.2) is 5.82 Å². The number of halogens is 1. The first kappa shape index (κ1) is 13.5. The zero-order chi connectivity index (χ0) is 13.8. The van der Waals surface area contributed by atoms with Gasteiger partial charge in [0.1, 0.15) is 0 Å². The van der Waals surface area contributed by atoms with Crippen molar-refractivity contribution >= 4 is 27.3 Å². The minimum Gasteiger partial charge on any atom is -0.384 e. The lowest BCUT2D eigenvalue weighted by Gasteiger charge is -2.08. The van der Waals surface area contributed by atoms with Gasteiger partial charge in [-0.3, -0.25) is 10.1 Å². The molecule has 0 amide bonds.